The van der Waals surface area contributed by atoms with Crippen LogP contribution in [0.15, 0.2) is 30.6 Å². The zero-order valence-corrected chi connectivity index (χ0v) is 13.9. The van der Waals surface area contributed by atoms with Crippen LogP contribution >= 0.6 is 0 Å². The lowest BCUT2D eigenvalue weighted by atomic mass is 10.1. The van der Waals surface area contributed by atoms with E-state index < -0.39 is 0 Å². The molecule has 0 aliphatic heterocycles. The molecule has 2 rings (SSSR count). The predicted molar refractivity (Wildman–Crippen MR) is 76.8 cm³/mol. The van der Waals surface area contributed by atoms with E-state index in [1.165, 1.54) is 30.0 Å². The highest BCUT2D eigenvalue weighted by molar-refractivity contribution is 5.84. The molecule has 2 aromatic rings. The molecule has 0 spiro atoms. The fraction of sp³-hybridized carbons (Fsp3) is 0.438. The molecule has 0 fully saturated rings. The maximum Gasteiger partial charge on any atom is 0.176 e. The van der Waals surface area contributed by atoms with Crippen LogP contribution in [0.3, 0.4) is 0 Å². The molecule has 0 aliphatic rings. The summed E-state index contributed by atoms with van der Waals surface area (Å²) in [5.74, 6) is 1.56. The van der Waals surface area contributed by atoms with Crippen LogP contribution in [0.1, 0.15) is 26.2 Å². The quantitative estimate of drug-likeness (QED) is 0.559. The normalized spacial score (nSPS) is 10.2. The van der Waals surface area contributed by atoms with Gasteiger partial charge in [0.05, 0.1) is 14.2 Å². The molecule has 110 valence electrons. The lowest BCUT2D eigenvalue weighted by molar-refractivity contribution is -0.696. The number of benzene rings is 1. The van der Waals surface area contributed by atoms with Crippen LogP contribution in [0, 0.1) is 0 Å². The van der Waals surface area contributed by atoms with Gasteiger partial charge in [-0.3, -0.25) is 0 Å². The molecule has 0 radical (unpaired) electrons. The number of hydrogen-bond donors (Lipinski definition) is 0. The lowest BCUT2D eigenvalue weighted by Crippen LogP contribution is -3.00. The Labute approximate surface area is 131 Å². The highest BCUT2D eigenvalue weighted by Gasteiger charge is 2.09. The average Bonchev–Trinajstić information content (AvgIpc) is 2.46. The molecule has 0 amide bonds. The van der Waals surface area contributed by atoms with Gasteiger partial charge in [0.1, 0.15) is 6.54 Å². The number of nitrogens with zero attached hydrogens (tertiary/aromatic N) is 1. The Hall–Kier alpha value is -1.29. The molecule has 0 aliphatic carbocycles. The second-order valence-electron chi connectivity index (χ2n) is 4.73. The van der Waals surface area contributed by atoms with Crippen molar-refractivity contribution in [3.8, 4) is 11.5 Å². The molecule has 0 saturated heterocycles. The number of hydrogen-bond acceptors (Lipinski definition) is 2. The van der Waals surface area contributed by atoms with Crippen molar-refractivity contribution in [2.75, 3.05) is 14.2 Å². The van der Waals surface area contributed by atoms with Gasteiger partial charge in [-0.1, -0.05) is 13.3 Å². The summed E-state index contributed by atoms with van der Waals surface area (Å²) in [5, 5.41) is 2.35. The molecule has 0 atom stereocenters. The van der Waals surface area contributed by atoms with Gasteiger partial charge in [0.15, 0.2) is 23.9 Å². The minimum absolute atomic E-state index is 0. The van der Waals surface area contributed by atoms with Gasteiger partial charge in [-0.25, -0.2) is 4.57 Å². The summed E-state index contributed by atoms with van der Waals surface area (Å²) < 4.78 is 12.9. The number of methoxy groups -OCH3 is 2. The van der Waals surface area contributed by atoms with E-state index in [1.807, 2.05) is 12.1 Å². The molecule has 0 unspecified atom stereocenters. The molecule has 3 nitrogen and oxygen atoms in total. The fourth-order valence-corrected chi connectivity index (χ4v) is 2.25. The Kier molecular flexibility index (Phi) is 6.79. The molecular weight excluding hydrogens is 318 g/mol. The Morgan fingerprint density at radius 1 is 1.00 bits per heavy atom. The maximum absolute atomic E-state index is 5.35. The fourth-order valence-electron chi connectivity index (χ4n) is 2.25. The second kappa shape index (κ2) is 8.10. The summed E-state index contributed by atoms with van der Waals surface area (Å²) >= 11 is 0. The Morgan fingerprint density at radius 2 is 1.65 bits per heavy atom. The number of aromatic nitrogens is 1. The largest absolute Gasteiger partial charge is 1.00 e. The van der Waals surface area contributed by atoms with E-state index in [4.69, 9.17) is 9.47 Å². The average molecular weight is 340 g/mol. The number of pyridine rings is 1. The maximum atomic E-state index is 5.35. The topological polar surface area (TPSA) is 22.3 Å². The molecule has 4 heteroatoms. The van der Waals surface area contributed by atoms with Crippen molar-refractivity contribution in [2.45, 2.75) is 32.7 Å². The summed E-state index contributed by atoms with van der Waals surface area (Å²) in [7, 11) is 3.33. The van der Waals surface area contributed by atoms with Gasteiger partial charge in [-0.15, -0.1) is 0 Å². The van der Waals surface area contributed by atoms with Gasteiger partial charge in [0, 0.05) is 17.9 Å². The Balaban J connectivity index is 0.00000200. The van der Waals surface area contributed by atoms with Crippen LogP contribution in [-0.2, 0) is 6.54 Å². The summed E-state index contributed by atoms with van der Waals surface area (Å²) in [6.45, 7) is 3.29. The van der Waals surface area contributed by atoms with Gasteiger partial charge in [0.2, 0.25) is 0 Å². The van der Waals surface area contributed by atoms with Gasteiger partial charge in [0.25, 0.3) is 0 Å². The first-order chi connectivity index (χ1) is 9.28. The highest BCUT2D eigenvalue weighted by Crippen LogP contribution is 2.31. The smallest absolute Gasteiger partial charge is 0.176 e. The van der Waals surface area contributed by atoms with E-state index in [-0.39, 0.29) is 17.0 Å². The van der Waals surface area contributed by atoms with Crippen molar-refractivity contribution >= 4 is 10.8 Å². The minimum Gasteiger partial charge on any atom is -1.00 e. The number of aryl methyl sites for hydroxylation is 1. The second-order valence-corrected chi connectivity index (χ2v) is 4.73. The summed E-state index contributed by atoms with van der Waals surface area (Å²) in [4.78, 5) is 0. The summed E-state index contributed by atoms with van der Waals surface area (Å²) in [6, 6.07) is 6.18. The SMILES string of the molecule is CCCCC[n+]1ccc2cc(OC)c(OC)cc2c1.[Br-]. The van der Waals surface area contributed by atoms with Crippen LogP contribution in [0.5, 0.6) is 11.5 Å². The third-order valence-corrected chi connectivity index (χ3v) is 3.36. The first-order valence-electron chi connectivity index (χ1n) is 6.83. The van der Waals surface area contributed by atoms with Crippen LogP contribution in [0.4, 0.5) is 0 Å². The van der Waals surface area contributed by atoms with Gasteiger partial charge < -0.3 is 26.5 Å². The standard InChI is InChI=1S/C16H22NO2.BrH/c1-4-5-6-8-17-9-7-13-10-15(18-2)16(19-3)11-14(13)12-17;/h7,9-12H,4-6,8H2,1-3H3;1H/q+1;/p-1. The number of ether oxygens (including phenoxy) is 2. The lowest BCUT2D eigenvalue weighted by Gasteiger charge is -2.08. The van der Waals surface area contributed by atoms with Crippen LogP contribution in [0.2, 0.25) is 0 Å². The molecule has 1 heterocycles. The number of unbranched alkanes of at least 4 members (excludes halogenated alkanes) is 2. The predicted octanol–water partition coefficient (Wildman–Crippen LogP) is 0.339. The molecule has 20 heavy (non-hydrogen) atoms. The van der Waals surface area contributed by atoms with Crippen LogP contribution in [-0.4, -0.2) is 14.2 Å². The zero-order chi connectivity index (χ0) is 13.7. The van der Waals surface area contributed by atoms with E-state index in [1.54, 1.807) is 14.2 Å². The van der Waals surface area contributed by atoms with Crippen molar-refractivity contribution in [3.05, 3.63) is 30.6 Å². The van der Waals surface area contributed by atoms with Crippen molar-refractivity contribution in [3.63, 3.8) is 0 Å². The van der Waals surface area contributed by atoms with Crippen LogP contribution in [0.25, 0.3) is 10.8 Å². The van der Waals surface area contributed by atoms with E-state index in [0.29, 0.717) is 0 Å². The number of rotatable bonds is 6. The monoisotopic (exact) mass is 339 g/mol. The van der Waals surface area contributed by atoms with Gasteiger partial charge in [-0.05, 0) is 23.9 Å². The molecule has 1 aromatic carbocycles. The van der Waals surface area contributed by atoms with E-state index in [2.05, 4.69) is 30.0 Å². The highest BCUT2D eigenvalue weighted by atomic mass is 79.9. The molecule has 0 N–H and O–H groups in total. The molecule has 1 aromatic heterocycles. The van der Waals surface area contributed by atoms with E-state index in [0.717, 1.165) is 18.0 Å². The number of halogens is 1. The van der Waals surface area contributed by atoms with Crippen LogP contribution < -0.4 is 31.0 Å². The molecule has 0 saturated carbocycles. The van der Waals surface area contributed by atoms with Crippen molar-refractivity contribution in [1.82, 2.24) is 0 Å². The third kappa shape index (κ3) is 3.85. The minimum atomic E-state index is 0. The van der Waals surface area contributed by atoms with Crippen molar-refractivity contribution in [1.29, 1.82) is 0 Å². The van der Waals surface area contributed by atoms with E-state index in [9.17, 15) is 0 Å². The Bertz CT molecular complexity index is 557. The first-order valence-corrected chi connectivity index (χ1v) is 6.83. The van der Waals surface area contributed by atoms with Crippen molar-refractivity contribution in [2.24, 2.45) is 0 Å². The number of fused-ring (bicyclic) bond motifs is 1. The summed E-state index contributed by atoms with van der Waals surface area (Å²) in [5.41, 5.74) is 0. The zero-order valence-electron chi connectivity index (χ0n) is 12.4. The summed E-state index contributed by atoms with van der Waals surface area (Å²) in [6.07, 6.45) is 8.05. The van der Waals surface area contributed by atoms with Gasteiger partial charge in [-0.2, -0.15) is 0 Å². The Morgan fingerprint density at radius 3 is 2.25 bits per heavy atom. The van der Waals surface area contributed by atoms with Crippen molar-refractivity contribution < 1.29 is 31.0 Å². The molecular formula is C16H22BrNO2. The van der Waals surface area contributed by atoms with Gasteiger partial charge >= 0.3 is 0 Å². The first kappa shape index (κ1) is 16.8. The third-order valence-electron chi connectivity index (χ3n) is 3.36. The molecule has 0 bridgehead atoms. The van der Waals surface area contributed by atoms with E-state index >= 15 is 0 Å².